The lowest BCUT2D eigenvalue weighted by atomic mass is 9.90. The minimum absolute atomic E-state index is 0.0203. The Morgan fingerprint density at radius 3 is 2.38 bits per heavy atom. The van der Waals surface area contributed by atoms with Crippen LogP contribution in [0.5, 0.6) is 5.75 Å². The van der Waals surface area contributed by atoms with Crippen LogP contribution in [0.3, 0.4) is 0 Å². The molecular weight excluding hydrogens is 529 g/mol. The van der Waals surface area contributed by atoms with E-state index in [0.717, 1.165) is 6.07 Å². The average Bonchev–Trinajstić information content (AvgIpc) is 2.85. The number of nitrogens with zero attached hydrogens (tertiary/aromatic N) is 1. The van der Waals surface area contributed by atoms with Crippen LogP contribution in [0, 0.1) is 17.0 Å². The van der Waals surface area contributed by atoms with Gasteiger partial charge in [-0.15, -0.1) is 0 Å². The molecule has 0 saturated carbocycles. The van der Waals surface area contributed by atoms with Gasteiger partial charge in [-0.2, -0.15) is 0 Å². The van der Waals surface area contributed by atoms with Gasteiger partial charge in [-0.1, -0.05) is 23.2 Å². The third kappa shape index (κ3) is 6.50. The minimum Gasteiger partial charge on any atom is -0.488 e. The second kappa shape index (κ2) is 12.2. The van der Waals surface area contributed by atoms with Crippen molar-refractivity contribution < 1.29 is 27.8 Å². The molecule has 2 aromatic rings. The number of nitrogens with one attached hydrogen (secondary N) is 3. The summed E-state index contributed by atoms with van der Waals surface area (Å²) in [5.41, 5.74) is 1.44. The van der Waals surface area contributed by atoms with Crippen LogP contribution < -0.4 is 15.4 Å². The Labute approximate surface area is 223 Å². The van der Waals surface area contributed by atoms with Crippen LogP contribution >= 0.6 is 23.2 Å². The number of hydrogen-bond donors (Lipinski definition) is 3. The van der Waals surface area contributed by atoms with Crippen molar-refractivity contribution >= 4 is 46.6 Å². The minimum atomic E-state index is -0.732. The Balaban J connectivity index is 1.83. The van der Waals surface area contributed by atoms with E-state index < -0.39 is 29.7 Å². The Hall–Kier alpha value is -3.37. The number of rotatable bonds is 7. The summed E-state index contributed by atoms with van der Waals surface area (Å²) < 4.78 is 38.1. The van der Waals surface area contributed by atoms with Gasteiger partial charge in [-0.05, 0) is 31.5 Å². The average molecular weight is 555 g/mol. The number of hydrogen-bond acceptors (Lipinski definition) is 6. The maximum absolute atomic E-state index is 13.8. The number of piperidine rings is 1. The number of carbonyl (C=O) groups is 2. The molecule has 0 radical (unpaired) electrons. The number of ether oxygens (including phenoxy) is 2. The summed E-state index contributed by atoms with van der Waals surface area (Å²) in [4.78, 5) is 26.1. The smallest absolute Gasteiger partial charge is 0.406 e. The zero-order valence-corrected chi connectivity index (χ0v) is 21.9. The molecule has 2 aromatic carbocycles. The second-order valence-electron chi connectivity index (χ2n) is 8.10. The lowest BCUT2D eigenvalue weighted by Gasteiger charge is -2.36. The Bertz CT molecular complexity index is 1240. The molecule has 8 nitrogen and oxygen atoms in total. The van der Waals surface area contributed by atoms with Gasteiger partial charge >= 0.3 is 6.09 Å². The van der Waals surface area contributed by atoms with Gasteiger partial charge < -0.3 is 30.4 Å². The first kappa shape index (κ1) is 28.2. The van der Waals surface area contributed by atoms with Gasteiger partial charge in [-0.3, -0.25) is 4.79 Å². The first-order valence-corrected chi connectivity index (χ1v) is 12.1. The maximum atomic E-state index is 13.8. The van der Waals surface area contributed by atoms with Crippen molar-refractivity contribution in [1.82, 2.24) is 15.5 Å². The molecule has 1 heterocycles. The van der Waals surface area contributed by atoms with E-state index in [1.807, 2.05) is 0 Å². The maximum Gasteiger partial charge on any atom is 0.406 e. The predicted molar refractivity (Wildman–Crippen MR) is 138 cm³/mol. The van der Waals surface area contributed by atoms with Crippen molar-refractivity contribution in [3.63, 3.8) is 0 Å². The van der Waals surface area contributed by atoms with Crippen LogP contribution in [0.4, 0.5) is 13.6 Å². The fourth-order valence-corrected chi connectivity index (χ4v) is 4.46. The molecule has 1 atom stereocenters. The van der Waals surface area contributed by atoms with Gasteiger partial charge in [0.2, 0.25) is 0 Å². The number of likely N-dealkylation sites (tertiary alicyclic amines) is 1. The third-order valence-corrected chi connectivity index (χ3v) is 6.40. The molecule has 0 aliphatic carbocycles. The normalized spacial score (nSPS) is 16.8. The molecule has 1 aliphatic heterocycles. The zero-order valence-electron chi connectivity index (χ0n) is 20.4. The first-order chi connectivity index (χ1) is 17.6. The molecule has 3 N–H and O–H groups in total. The molecule has 0 aromatic heterocycles. The van der Waals surface area contributed by atoms with Crippen molar-refractivity contribution in [2.45, 2.75) is 19.4 Å². The van der Waals surface area contributed by atoms with Gasteiger partial charge in [0.25, 0.3) is 5.91 Å². The molecule has 2 amide bonds. The van der Waals surface area contributed by atoms with E-state index in [-0.39, 0.29) is 58.8 Å². The largest absolute Gasteiger partial charge is 0.488 e. The van der Waals surface area contributed by atoms with Crippen LogP contribution in [0.25, 0.3) is 5.70 Å². The molecule has 0 bridgehead atoms. The van der Waals surface area contributed by atoms with Gasteiger partial charge in [-0.25, -0.2) is 13.6 Å². The fraction of sp³-hybridized carbons (Fsp3) is 0.320. The van der Waals surface area contributed by atoms with E-state index in [9.17, 15) is 18.4 Å². The van der Waals surface area contributed by atoms with Crippen molar-refractivity contribution in [3.8, 4) is 5.75 Å². The number of carbonyl (C=O) groups excluding carboxylic acids is 2. The molecule has 37 heavy (non-hydrogen) atoms. The predicted octanol–water partition coefficient (Wildman–Crippen LogP) is 4.89. The molecular formula is C25H26Cl2F2N4O4. The summed E-state index contributed by atoms with van der Waals surface area (Å²) in [5, 5.41) is 14.2. The van der Waals surface area contributed by atoms with Crippen molar-refractivity contribution in [2.24, 2.45) is 0 Å². The van der Waals surface area contributed by atoms with E-state index in [0.29, 0.717) is 11.3 Å². The third-order valence-electron chi connectivity index (χ3n) is 5.79. The number of benzene rings is 2. The topological polar surface area (TPSA) is 104 Å². The van der Waals surface area contributed by atoms with Gasteiger partial charge in [0, 0.05) is 54.6 Å². The molecule has 3 rings (SSSR count). The molecule has 1 saturated heterocycles. The van der Waals surface area contributed by atoms with Crippen molar-refractivity contribution in [3.05, 3.63) is 68.7 Å². The highest BCUT2D eigenvalue weighted by atomic mass is 35.5. The quantitative estimate of drug-likeness (QED) is 0.423. The molecule has 0 unspecified atom stereocenters. The van der Waals surface area contributed by atoms with Crippen LogP contribution in [0.15, 0.2) is 35.9 Å². The lowest BCUT2D eigenvalue weighted by molar-refractivity contribution is 0.0728. The van der Waals surface area contributed by atoms with Crippen LogP contribution in [0.1, 0.15) is 29.3 Å². The van der Waals surface area contributed by atoms with Crippen LogP contribution in [0.2, 0.25) is 10.0 Å². The summed E-state index contributed by atoms with van der Waals surface area (Å²) in [6.07, 6.45) is -0.350. The van der Waals surface area contributed by atoms with Crippen molar-refractivity contribution in [1.29, 1.82) is 5.41 Å². The summed E-state index contributed by atoms with van der Waals surface area (Å²) in [6.45, 7) is 1.84. The lowest BCUT2D eigenvalue weighted by Crippen LogP contribution is -2.48. The molecule has 1 fully saturated rings. The monoisotopic (exact) mass is 554 g/mol. The zero-order chi connectivity index (χ0) is 27.3. The summed E-state index contributed by atoms with van der Waals surface area (Å²) >= 11 is 12.7. The number of alkyl carbamates (subject to hydrolysis) is 1. The second-order valence-corrected chi connectivity index (χ2v) is 8.91. The molecule has 12 heteroatoms. The van der Waals surface area contributed by atoms with E-state index >= 15 is 0 Å². The number of halogens is 4. The van der Waals surface area contributed by atoms with E-state index in [1.165, 1.54) is 36.2 Å². The molecule has 0 spiro atoms. The number of amides is 2. The summed E-state index contributed by atoms with van der Waals surface area (Å²) in [5.74, 6) is -1.78. The first-order valence-electron chi connectivity index (χ1n) is 11.3. The van der Waals surface area contributed by atoms with Crippen LogP contribution in [-0.2, 0) is 4.74 Å². The molecule has 1 aliphatic rings. The SMILES string of the molecule is CNC(=O)OCCOc1cc(Cl)cc(C(=O)N2CC/C(=C(/NC)c3cc(F)cc(F)c3)C(=N)[C@@H]2C)c1Cl. The van der Waals surface area contributed by atoms with E-state index in [1.54, 1.807) is 14.0 Å². The Kier molecular flexibility index (Phi) is 9.34. The highest BCUT2D eigenvalue weighted by Crippen LogP contribution is 2.35. The van der Waals surface area contributed by atoms with Gasteiger partial charge in [0.05, 0.1) is 22.3 Å². The van der Waals surface area contributed by atoms with E-state index in [4.69, 9.17) is 38.1 Å². The Morgan fingerprint density at radius 1 is 1.08 bits per heavy atom. The Morgan fingerprint density at radius 2 is 1.76 bits per heavy atom. The van der Waals surface area contributed by atoms with Crippen molar-refractivity contribution in [2.75, 3.05) is 33.9 Å². The molecule has 198 valence electrons. The summed E-state index contributed by atoms with van der Waals surface area (Å²) in [7, 11) is 3.03. The standard InChI is InChI=1S/C25H26Cl2F2N4O4/c1-13-22(30)18(23(31-2)14-8-16(28)12-17(29)9-14)4-5-33(13)24(34)19-10-15(26)11-20(21(19)27)36-6-7-37-25(35)32-3/h8-13,30-31H,4-7H2,1-3H3,(H,32,35)/b23-18-,30-22?/t13-/m0/s1. The highest BCUT2D eigenvalue weighted by molar-refractivity contribution is 6.37. The van der Waals surface area contributed by atoms with Crippen LogP contribution in [-0.4, -0.2) is 62.5 Å². The fourth-order valence-electron chi connectivity index (χ4n) is 4.01. The van der Waals surface area contributed by atoms with Gasteiger partial charge in [0.15, 0.2) is 0 Å². The highest BCUT2D eigenvalue weighted by Gasteiger charge is 2.34. The summed E-state index contributed by atoms with van der Waals surface area (Å²) in [6, 6.07) is 5.34. The van der Waals surface area contributed by atoms with Gasteiger partial charge in [0.1, 0.15) is 30.6 Å². The van der Waals surface area contributed by atoms with E-state index in [2.05, 4.69) is 10.6 Å².